The second-order valence-corrected chi connectivity index (χ2v) is 5.52. The van der Waals surface area contributed by atoms with Gasteiger partial charge in [0.25, 0.3) is 0 Å². The van der Waals surface area contributed by atoms with E-state index in [-0.39, 0.29) is 5.60 Å². The fourth-order valence-electron chi connectivity index (χ4n) is 2.72. The van der Waals surface area contributed by atoms with Gasteiger partial charge in [-0.3, -0.25) is 0 Å². The summed E-state index contributed by atoms with van der Waals surface area (Å²) in [5, 5.41) is 3.80. The Bertz CT molecular complexity index is 219. The highest BCUT2D eigenvalue weighted by Gasteiger charge is 2.39. The maximum atomic E-state index is 5.86. The molecule has 2 fully saturated rings. The van der Waals surface area contributed by atoms with Crippen LogP contribution in [0.3, 0.4) is 0 Å². The molecule has 4 atom stereocenters. The Balaban J connectivity index is 1.78. The third-order valence-electron chi connectivity index (χ3n) is 4.24. The van der Waals surface area contributed by atoms with E-state index >= 15 is 0 Å². The maximum Gasteiger partial charge on any atom is 0.0666 e. The highest BCUT2D eigenvalue weighted by molar-refractivity contribution is 4.96. The lowest BCUT2D eigenvalue weighted by atomic mass is 9.90. The zero-order valence-corrected chi connectivity index (χ0v) is 10.4. The molecule has 1 aliphatic carbocycles. The van der Waals surface area contributed by atoms with Crippen molar-refractivity contribution in [2.45, 2.75) is 70.6 Å². The molecule has 1 saturated carbocycles. The van der Waals surface area contributed by atoms with Gasteiger partial charge in [0.05, 0.1) is 5.60 Å². The average Bonchev–Trinajstić information content (AvgIpc) is 2.97. The number of hydrogen-bond acceptors (Lipinski definition) is 2. The molecule has 1 heterocycles. The first kappa shape index (κ1) is 11.4. The highest BCUT2D eigenvalue weighted by Crippen LogP contribution is 2.36. The van der Waals surface area contributed by atoms with E-state index in [0.29, 0.717) is 6.04 Å². The van der Waals surface area contributed by atoms with E-state index in [1.165, 1.54) is 25.7 Å². The van der Waals surface area contributed by atoms with Crippen LogP contribution in [0, 0.1) is 5.92 Å². The van der Waals surface area contributed by atoms with Crippen molar-refractivity contribution >= 4 is 0 Å². The van der Waals surface area contributed by atoms with Crippen molar-refractivity contribution in [2.24, 2.45) is 5.92 Å². The van der Waals surface area contributed by atoms with Crippen molar-refractivity contribution in [1.82, 2.24) is 5.32 Å². The lowest BCUT2D eigenvalue weighted by Gasteiger charge is -2.38. The summed E-state index contributed by atoms with van der Waals surface area (Å²) in [6.45, 7) is 7.72. The zero-order valence-electron chi connectivity index (χ0n) is 10.4. The Morgan fingerprint density at radius 1 is 1.40 bits per heavy atom. The fraction of sp³-hybridized carbons (Fsp3) is 1.00. The van der Waals surface area contributed by atoms with Crippen molar-refractivity contribution in [2.75, 3.05) is 6.61 Å². The van der Waals surface area contributed by atoms with E-state index in [0.717, 1.165) is 25.0 Å². The standard InChI is InChI=1S/C13H25NO/c1-4-10-8-12(10)14-11-6-7-15-13(3,5-2)9-11/h10-12,14H,4-9H2,1-3H3. The zero-order chi connectivity index (χ0) is 10.9. The van der Waals surface area contributed by atoms with E-state index in [1.807, 2.05) is 0 Å². The van der Waals surface area contributed by atoms with Crippen LogP contribution in [0.2, 0.25) is 0 Å². The van der Waals surface area contributed by atoms with Crippen LogP contribution in [0.1, 0.15) is 52.9 Å². The molecule has 0 bridgehead atoms. The van der Waals surface area contributed by atoms with Gasteiger partial charge in [-0.2, -0.15) is 0 Å². The smallest absolute Gasteiger partial charge is 0.0666 e. The van der Waals surface area contributed by atoms with E-state index in [9.17, 15) is 0 Å². The second-order valence-electron chi connectivity index (χ2n) is 5.52. The van der Waals surface area contributed by atoms with Gasteiger partial charge < -0.3 is 10.1 Å². The van der Waals surface area contributed by atoms with Crippen LogP contribution in [0.15, 0.2) is 0 Å². The van der Waals surface area contributed by atoms with Crippen LogP contribution in [0.25, 0.3) is 0 Å². The first-order valence-electron chi connectivity index (χ1n) is 6.57. The van der Waals surface area contributed by atoms with Gasteiger partial charge in [0.2, 0.25) is 0 Å². The van der Waals surface area contributed by atoms with Crippen LogP contribution >= 0.6 is 0 Å². The molecule has 0 aromatic heterocycles. The Hall–Kier alpha value is -0.0800. The van der Waals surface area contributed by atoms with Crippen molar-refractivity contribution in [3.8, 4) is 0 Å². The molecule has 0 spiro atoms. The molecule has 1 N–H and O–H groups in total. The summed E-state index contributed by atoms with van der Waals surface area (Å²) in [6.07, 6.45) is 6.26. The predicted molar refractivity (Wildman–Crippen MR) is 63.0 cm³/mol. The molecule has 2 heteroatoms. The van der Waals surface area contributed by atoms with Crippen LogP contribution in [0.4, 0.5) is 0 Å². The lowest BCUT2D eigenvalue weighted by molar-refractivity contribution is -0.0782. The SMILES string of the molecule is CCC1CC1NC1CCOC(C)(CC)C1. The second kappa shape index (κ2) is 4.42. The number of rotatable bonds is 4. The van der Waals surface area contributed by atoms with Crippen molar-refractivity contribution in [3.63, 3.8) is 0 Å². The quantitative estimate of drug-likeness (QED) is 0.772. The molecule has 0 radical (unpaired) electrons. The molecule has 1 saturated heterocycles. The van der Waals surface area contributed by atoms with Crippen LogP contribution in [-0.2, 0) is 4.74 Å². The monoisotopic (exact) mass is 211 g/mol. The maximum absolute atomic E-state index is 5.86. The van der Waals surface area contributed by atoms with Gasteiger partial charge in [0.15, 0.2) is 0 Å². The van der Waals surface area contributed by atoms with E-state index < -0.39 is 0 Å². The Kier molecular flexibility index (Phi) is 3.36. The van der Waals surface area contributed by atoms with Crippen LogP contribution in [0.5, 0.6) is 0 Å². The molecule has 0 aromatic carbocycles. The molecule has 15 heavy (non-hydrogen) atoms. The van der Waals surface area contributed by atoms with E-state index in [1.54, 1.807) is 0 Å². The van der Waals surface area contributed by atoms with Gasteiger partial charge in [-0.15, -0.1) is 0 Å². The Morgan fingerprint density at radius 2 is 2.20 bits per heavy atom. The normalized spacial score (nSPS) is 45.4. The molecule has 2 rings (SSSR count). The summed E-state index contributed by atoms with van der Waals surface area (Å²) in [4.78, 5) is 0. The van der Waals surface area contributed by atoms with Gasteiger partial charge in [0.1, 0.15) is 0 Å². The van der Waals surface area contributed by atoms with Gasteiger partial charge in [-0.1, -0.05) is 20.3 Å². The van der Waals surface area contributed by atoms with Gasteiger partial charge in [-0.25, -0.2) is 0 Å². The first-order valence-corrected chi connectivity index (χ1v) is 6.57. The summed E-state index contributed by atoms with van der Waals surface area (Å²) < 4.78 is 5.86. The van der Waals surface area contributed by atoms with Crippen LogP contribution in [-0.4, -0.2) is 24.3 Å². The summed E-state index contributed by atoms with van der Waals surface area (Å²) in [6, 6.07) is 1.52. The minimum atomic E-state index is 0.131. The molecule has 2 nitrogen and oxygen atoms in total. The molecule has 0 aromatic rings. The summed E-state index contributed by atoms with van der Waals surface area (Å²) in [7, 11) is 0. The molecular weight excluding hydrogens is 186 g/mol. The van der Waals surface area contributed by atoms with Gasteiger partial charge in [0, 0.05) is 18.7 Å². The summed E-state index contributed by atoms with van der Waals surface area (Å²) in [5.41, 5.74) is 0.131. The minimum absolute atomic E-state index is 0.131. The molecule has 1 aliphatic heterocycles. The van der Waals surface area contributed by atoms with Gasteiger partial charge >= 0.3 is 0 Å². The fourth-order valence-corrected chi connectivity index (χ4v) is 2.72. The molecular formula is C13H25NO. The van der Waals surface area contributed by atoms with Crippen molar-refractivity contribution < 1.29 is 4.74 Å². The predicted octanol–water partition coefficient (Wildman–Crippen LogP) is 2.72. The molecule has 4 unspecified atom stereocenters. The van der Waals surface area contributed by atoms with Crippen molar-refractivity contribution in [3.05, 3.63) is 0 Å². The largest absolute Gasteiger partial charge is 0.375 e. The summed E-state index contributed by atoms with van der Waals surface area (Å²) >= 11 is 0. The highest BCUT2D eigenvalue weighted by atomic mass is 16.5. The molecule has 0 amide bonds. The third kappa shape index (κ3) is 2.73. The van der Waals surface area contributed by atoms with E-state index in [2.05, 4.69) is 26.1 Å². The molecule has 88 valence electrons. The first-order chi connectivity index (χ1) is 7.17. The topological polar surface area (TPSA) is 21.3 Å². The minimum Gasteiger partial charge on any atom is -0.375 e. The number of ether oxygens (including phenoxy) is 1. The Morgan fingerprint density at radius 3 is 2.80 bits per heavy atom. The van der Waals surface area contributed by atoms with Gasteiger partial charge in [-0.05, 0) is 38.5 Å². The summed E-state index contributed by atoms with van der Waals surface area (Å²) in [5.74, 6) is 0.959. The lowest BCUT2D eigenvalue weighted by Crippen LogP contribution is -2.46. The van der Waals surface area contributed by atoms with Crippen molar-refractivity contribution in [1.29, 1.82) is 0 Å². The van der Waals surface area contributed by atoms with Crippen LogP contribution < -0.4 is 5.32 Å². The average molecular weight is 211 g/mol. The Labute approximate surface area is 93.8 Å². The number of hydrogen-bond donors (Lipinski definition) is 1. The van der Waals surface area contributed by atoms with E-state index in [4.69, 9.17) is 4.74 Å². The number of nitrogens with one attached hydrogen (secondary N) is 1. The third-order valence-corrected chi connectivity index (χ3v) is 4.24. The molecule has 2 aliphatic rings.